The molecule has 1 atom stereocenters. The summed E-state index contributed by atoms with van der Waals surface area (Å²) in [5, 5.41) is 16.7. The average molecular weight is 379 g/mol. The van der Waals surface area contributed by atoms with Crippen LogP contribution in [0.4, 0.5) is 5.82 Å². The second-order valence-corrected chi connectivity index (χ2v) is 7.35. The van der Waals surface area contributed by atoms with E-state index >= 15 is 0 Å². The molecule has 1 aliphatic heterocycles. The van der Waals surface area contributed by atoms with Gasteiger partial charge in [0.2, 0.25) is 5.91 Å². The number of aromatic nitrogens is 2. The molecule has 0 saturated carbocycles. The summed E-state index contributed by atoms with van der Waals surface area (Å²) in [5.41, 5.74) is 3.82. The van der Waals surface area contributed by atoms with Gasteiger partial charge in [-0.3, -0.25) is 4.79 Å². The van der Waals surface area contributed by atoms with E-state index < -0.39 is 5.97 Å². The van der Waals surface area contributed by atoms with Crippen LogP contribution < -0.4 is 5.32 Å². The molecule has 2 heterocycles. The van der Waals surface area contributed by atoms with E-state index in [1.165, 1.54) is 11.8 Å². The lowest BCUT2D eigenvalue weighted by Crippen LogP contribution is -2.15. The number of nitrogens with zero attached hydrogens (tertiary/aromatic N) is 2. The molecule has 0 saturated heterocycles. The number of carbonyl (C=O) groups is 2. The first-order valence-electron chi connectivity index (χ1n) is 8.44. The third kappa shape index (κ3) is 3.21. The molecule has 0 aliphatic carbocycles. The number of para-hydroxylation sites is 1. The fraction of sp³-hybridized carbons (Fsp3) is 0.150. The van der Waals surface area contributed by atoms with Crippen molar-refractivity contribution >= 4 is 29.5 Å². The fourth-order valence-electron chi connectivity index (χ4n) is 3.20. The van der Waals surface area contributed by atoms with Gasteiger partial charge < -0.3 is 10.4 Å². The van der Waals surface area contributed by atoms with Gasteiger partial charge in [0.05, 0.1) is 27.9 Å². The van der Waals surface area contributed by atoms with Crippen molar-refractivity contribution in [2.75, 3.05) is 11.1 Å². The lowest BCUT2D eigenvalue weighted by atomic mass is 10.0. The maximum absolute atomic E-state index is 12.3. The maximum atomic E-state index is 12.3. The molecule has 0 bridgehead atoms. The number of anilines is 1. The van der Waals surface area contributed by atoms with Gasteiger partial charge in [0.15, 0.2) is 0 Å². The molecule has 136 valence electrons. The van der Waals surface area contributed by atoms with Crippen LogP contribution in [0.15, 0.2) is 54.6 Å². The van der Waals surface area contributed by atoms with E-state index in [9.17, 15) is 9.59 Å². The van der Waals surface area contributed by atoms with Crippen molar-refractivity contribution in [3.8, 4) is 5.69 Å². The van der Waals surface area contributed by atoms with Crippen LogP contribution in [0, 0.1) is 6.92 Å². The molecule has 0 fully saturated rings. The number of hydrogen-bond acceptors (Lipinski definition) is 4. The highest BCUT2D eigenvalue weighted by atomic mass is 32.2. The van der Waals surface area contributed by atoms with Crippen molar-refractivity contribution < 1.29 is 14.7 Å². The van der Waals surface area contributed by atoms with Gasteiger partial charge in [-0.1, -0.05) is 30.3 Å². The molecule has 1 aliphatic rings. The highest BCUT2D eigenvalue weighted by Gasteiger charge is 2.30. The topological polar surface area (TPSA) is 84.2 Å². The first-order valence-corrected chi connectivity index (χ1v) is 9.49. The maximum Gasteiger partial charge on any atom is 0.335 e. The van der Waals surface area contributed by atoms with Crippen LogP contribution >= 0.6 is 11.8 Å². The number of nitrogens with one attached hydrogen (secondary N) is 1. The number of fused-ring (bicyclic) bond motifs is 1. The molecule has 2 N–H and O–H groups in total. The number of carbonyl (C=O) groups excluding carboxylic acids is 1. The Morgan fingerprint density at radius 1 is 1.19 bits per heavy atom. The minimum Gasteiger partial charge on any atom is -0.478 e. The molecule has 0 unspecified atom stereocenters. The van der Waals surface area contributed by atoms with Crippen molar-refractivity contribution in [2.45, 2.75) is 12.2 Å². The van der Waals surface area contributed by atoms with Gasteiger partial charge in [-0.15, -0.1) is 11.8 Å². The Labute approximate surface area is 160 Å². The smallest absolute Gasteiger partial charge is 0.335 e. The Bertz CT molecular complexity index is 1010. The first kappa shape index (κ1) is 17.4. The minimum atomic E-state index is -0.958. The molecule has 0 spiro atoms. The van der Waals surface area contributed by atoms with Gasteiger partial charge >= 0.3 is 5.97 Å². The third-order valence-corrected chi connectivity index (χ3v) is 5.74. The van der Waals surface area contributed by atoms with Gasteiger partial charge in [-0.2, -0.15) is 5.10 Å². The number of rotatable bonds is 3. The van der Waals surface area contributed by atoms with Gasteiger partial charge in [0.1, 0.15) is 5.82 Å². The Kier molecular flexibility index (Phi) is 4.45. The van der Waals surface area contributed by atoms with Crippen LogP contribution in [0.25, 0.3) is 5.69 Å². The summed E-state index contributed by atoms with van der Waals surface area (Å²) >= 11 is 1.51. The standard InChI is InChI=1S/C20H17N3O3S/c1-12-17-18(13-7-9-14(10-8-13)20(25)26)27-11-16(24)21-19(17)23(22-12)15-5-3-2-4-6-15/h2-10,18H,11H2,1H3,(H,21,24)(H,25,26)/t18-/m1/s1. The van der Waals surface area contributed by atoms with Crippen molar-refractivity contribution in [2.24, 2.45) is 0 Å². The number of aromatic carboxylic acids is 1. The fourth-order valence-corrected chi connectivity index (χ4v) is 4.39. The number of thioether (sulfide) groups is 1. The zero-order valence-corrected chi connectivity index (χ0v) is 15.4. The van der Waals surface area contributed by atoms with Crippen LogP contribution in [0.3, 0.4) is 0 Å². The van der Waals surface area contributed by atoms with Crippen molar-refractivity contribution in [3.63, 3.8) is 0 Å². The lowest BCUT2D eigenvalue weighted by Gasteiger charge is -2.15. The van der Waals surface area contributed by atoms with E-state index in [1.54, 1.807) is 28.9 Å². The minimum absolute atomic E-state index is 0.0806. The number of hydrogen-bond donors (Lipinski definition) is 2. The van der Waals surface area contributed by atoms with Gasteiger partial charge in [0, 0.05) is 5.56 Å². The molecule has 6 nitrogen and oxygen atoms in total. The highest BCUT2D eigenvalue weighted by molar-refractivity contribution is 8.00. The zero-order valence-electron chi connectivity index (χ0n) is 14.5. The summed E-state index contributed by atoms with van der Waals surface area (Å²) in [4.78, 5) is 23.4. The highest BCUT2D eigenvalue weighted by Crippen LogP contribution is 2.43. The zero-order chi connectivity index (χ0) is 19.0. The summed E-state index contributed by atoms with van der Waals surface area (Å²) in [7, 11) is 0. The Morgan fingerprint density at radius 3 is 2.56 bits per heavy atom. The first-order chi connectivity index (χ1) is 13.0. The second kappa shape index (κ2) is 6.92. The van der Waals surface area contributed by atoms with E-state index in [1.807, 2.05) is 37.3 Å². The summed E-state index contributed by atoms with van der Waals surface area (Å²) in [5.74, 6) is -0.0569. The number of carboxylic acids is 1. The summed E-state index contributed by atoms with van der Waals surface area (Å²) in [6, 6.07) is 16.5. The summed E-state index contributed by atoms with van der Waals surface area (Å²) in [6.07, 6.45) is 0. The largest absolute Gasteiger partial charge is 0.478 e. The number of aryl methyl sites for hydroxylation is 1. The predicted octanol–water partition coefficient (Wildman–Crippen LogP) is 3.65. The molecule has 3 aromatic rings. The van der Waals surface area contributed by atoms with E-state index in [-0.39, 0.29) is 16.7 Å². The van der Waals surface area contributed by atoms with E-state index in [0.29, 0.717) is 11.6 Å². The van der Waals surface area contributed by atoms with Crippen LogP contribution in [0.5, 0.6) is 0 Å². The molecular formula is C20H17N3O3S. The summed E-state index contributed by atoms with van der Waals surface area (Å²) in [6.45, 7) is 1.93. The van der Waals surface area contributed by atoms with E-state index in [2.05, 4.69) is 10.4 Å². The van der Waals surface area contributed by atoms with Crippen LogP contribution in [-0.4, -0.2) is 32.5 Å². The van der Waals surface area contributed by atoms with E-state index in [4.69, 9.17) is 5.11 Å². The van der Waals surface area contributed by atoms with Crippen molar-refractivity contribution in [1.29, 1.82) is 0 Å². The lowest BCUT2D eigenvalue weighted by molar-refractivity contribution is -0.113. The average Bonchev–Trinajstić information content (AvgIpc) is 2.88. The monoisotopic (exact) mass is 379 g/mol. The summed E-state index contributed by atoms with van der Waals surface area (Å²) < 4.78 is 1.76. The number of amides is 1. The van der Waals surface area contributed by atoms with Crippen LogP contribution in [0.1, 0.15) is 32.4 Å². The molecular weight excluding hydrogens is 362 g/mol. The molecule has 27 heavy (non-hydrogen) atoms. The third-order valence-electron chi connectivity index (χ3n) is 4.47. The SMILES string of the molecule is Cc1nn(-c2ccccc2)c2c1[C@@H](c1ccc(C(=O)O)cc1)SCC(=O)N2. The quantitative estimate of drug-likeness (QED) is 0.726. The van der Waals surface area contributed by atoms with Gasteiger partial charge in [-0.25, -0.2) is 9.48 Å². The van der Waals surface area contributed by atoms with Gasteiger partial charge in [0.25, 0.3) is 0 Å². The molecule has 2 aromatic carbocycles. The number of carboxylic acid groups (broad SMARTS) is 1. The molecule has 7 heteroatoms. The van der Waals surface area contributed by atoms with Crippen molar-refractivity contribution in [3.05, 3.63) is 77.0 Å². The van der Waals surface area contributed by atoms with Crippen molar-refractivity contribution in [1.82, 2.24) is 9.78 Å². The Hall–Kier alpha value is -3.06. The Morgan fingerprint density at radius 2 is 1.89 bits per heavy atom. The second-order valence-electron chi connectivity index (χ2n) is 6.26. The van der Waals surface area contributed by atoms with Crippen LogP contribution in [0.2, 0.25) is 0 Å². The molecule has 1 amide bonds. The molecule has 4 rings (SSSR count). The molecule has 0 radical (unpaired) electrons. The van der Waals surface area contributed by atoms with E-state index in [0.717, 1.165) is 22.5 Å². The number of benzene rings is 2. The molecule has 1 aromatic heterocycles. The van der Waals surface area contributed by atoms with Gasteiger partial charge in [-0.05, 0) is 36.8 Å². The predicted molar refractivity (Wildman–Crippen MR) is 105 cm³/mol. The Balaban J connectivity index is 1.84. The van der Waals surface area contributed by atoms with Crippen LogP contribution in [-0.2, 0) is 4.79 Å². The normalized spacial score (nSPS) is 16.3.